The van der Waals surface area contributed by atoms with E-state index in [9.17, 15) is 49.2 Å². The Bertz CT molecular complexity index is 3190. The van der Waals surface area contributed by atoms with Gasteiger partial charge in [0.1, 0.15) is 22.8 Å². The molecule has 3 heterocycles. The van der Waals surface area contributed by atoms with E-state index >= 15 is 0 Å². The van der Waals surface area contributed by atoms with E-state index in [1.807, 2.05) is 109 Å². The molecule has 3 atom stereocenters. The van der Waals surface area contributed by atoms with Crippen LogP contribution < -0.4 is 29.9 Å². The van der Waals surface area contributed by atoms with Gasteiger partial charge in [0, 0.05) is 52.0 Å². The Morgan fingerprint density at radius 1 is 0.667 bits per heavy atom. The largest absolute Gasteiger partial charge is 0.505 e. The van der Waals surface area contributed by atoms with E-state index in [0.717, 1.165) is 22.4 Å². The van der Waals surface area contributed by atoms with E-state index in [1.54, 1.807) is 34.1 Å². The lowest BCUT2D eigenvalue weighted by atomic mass is 9.92. The molecule has 6 aromatic rings. The summed E-state index contributed by atoms with van der Waals surface area (Å²) in [6.07, 6.45) is -0.795. The van der Waals surface area contributed by atoms with Gasteiger partial charge in [-0.1, -0.05) is 80.6 Å². The molecule has 372 valence electrons. The Labute approximate surface area is 428 Å². The van der Waals surface area contributed by atoms with Gasteiger partial charge in [-0.3, -0.25) is 31.9 Å². The van der Waals surface area contributed by atoms with Crippen LogP contribution in [-0.2, 0) is 11.8 Å². The predicted molar refractivity (Wildman–Crippen MR) is 279 cm³/mol. The molecule has 19 heteroatoms. The van der Waals surface area contributed by atoms with Gasteiger partial charge in [0.15, 0.2) is 17.6 Å². The number of aliphatic hydroxyl groups excluding tert-OH is 2. The number of phenols is 2. The molecule has 2 fully saturated rings. The average molecular weight is 1090 g/mol. The number of hydrogen-bond donors (Lipinski definition) is 7. The van der Waals surface area contributed by atoms with Gasteiger partial charge in [-0.15, -0.1) is 0 Å². The topological polar surface area (TPSA) is 237 Å². The van der Waals surface area contributed by atoms with Gasteiger partial charge in [-0.25, -0.2) is 0 Å². The number of aromatic hydroxyl groups is 2. The van der Waals surface area contributed by atoms with Crippen LogP contribution in [0.5, 0.6) is 11.5 Å². The third-order valence-corrected chi connectivity index (χ3v) is 14.7. The maximum atomic E-state index is 13.9. The van der Waals surface area contributed by atoms with Gasteiger partial charge in [0.25, 0.3) is 28.6 Å². The molecule has 2 aliphatic heterocycles. The number of phenolic OH excluding ortho intramolecular Hbond substituents is 2. The maximum absolute atomic E-state index is 13.9. The second-order valence-electron chi connectivity index (χ2n) is 18.1. The van der Waals surface area contributed by atoms with E-state index in [2.05, 4.69) is 16.0 Å². The Kier molecular flexibility index (Phi) is 14.0. The first-order chi connectivity index (χ1) is 34.6. The number of carbonyl (C=O) groups is 4. The Morgan fingerprint density at radius 3 is 1.88 bits per heavy atom. The summed E-state index contributed by atoms with van der Waals surface area (Å²) in [7, 11) is 1.81. The fourth-order valence-corrected chi connectivity index (χ4v) is 10.3. The number of hydrogen-bond acceptors (Lipinski definition) is 14. The fourth-order valence-electron chi connectivity index (χ4n) is 9.41. The van der Waals surface area contributed by atoms with Crippen LogP contribution in [0.2, 0.25) is 0 Å². The minimum atomic E-state index is -1.41. The zero-order valence-electron chi connectivity index (χ0n) is 39.6. The lowest BCUT2D eigenvalue weighted by molar-refractivity contribution is -0.124. The molecule has 18 nitrogen and oxygen atoms in total. The number of rotatable bonds is 16. The number of carbonyl (C=O) groups excluding carboxylic acids is 4. The van der Waals surface area contributed by atoms with Crippen LogP contribution in [0.25, 0.3) is 11.3 Å². The predicted octanol–water partition coefficient (Wildman–Crippen LogP) is 5.47. The highest BCUT2D eigenvalue weighted by Gasteiger charge is 2.43. The third-order valence-electron chi connectivity index (χ3n) is 13.7. The zero-order valence-corrected chi connectivity index (χ0v) is 41.8. The highest BCUT2D eigenvalue weighted by atomic mass is 127. The van der Waals surface area contributed by atoms with Crippen molar-refractivity contribution in [2.24, 2.45) is 7.05 Å². The summed E-state index contributed by atoms with van der Waals surface area (Å²) in [5.41, 5.74) is 3.34. The monoisotopic (exact) mass is 1090 g/mol. The molecule has 1 unspecified atom stereocenters. The molecular formula is C53H53IN8O10. The Hall–Kier alpha value is -7.49. The lowest BCUT2D eigenvalue weighted by Gasteiger charge is -2.37. The van der Waals surface area contributed by atoms with Crippen LogP contribution in [-0.4, -0.2) is 115 Å². The molecule has 3 aliphatic rings. The highest BCUT2D eigenvalue weighted by molar-refractivity contribution is 14.1. The number of para-hydroxylation sites is 2. The van der Waals surface area contributed by atoms with Gasteiger partial charge in [-0.05, 0) is 65.9 Å². The Balaban J connectivity index is 0.824. The van der Waals surface area contributed by atoms with Crippen molar-refractivity contribution in [3.05, 3.63) is 163 Å². The van der Waals surface area contributed by atoms with E-state index in [0.29, 0.717) is 18.5 Å². The molecule has 9 rings (SSSR count). The summed E-state index contributed by atoms with van der Waals surface area (Å²) in [6.45, 7) is 5.15. The number of likely N-dealkylation sites (tertiary alicyclic amines) is 1. The lowest BCUT2D eigenvalue weighted by Crippen LogP contribution is -2.53. The molecular weight excluding hydrogens is 1040 g/mol. The minimum absolute atomic E-state index is 0.00620. The van der Waals surface area contributed by atoms with Crippen molar-refractivity contribution in [2.75, 3.05) is 53.0 Å². The number of halogens is 1. The molecule has 5 aromatic carbocycles. The summed E-state index contributed by atoms with van der Waals surface area (Å²) in [6, 6.07) is 29.5. The van der Waals surface area contributed by atoms with Crippen molar-refractivity contribution in [1.82, 2.24) is 24.6 Å². The molecule has 7 N–H and O–H groups in total. The minimum Gasteiger partial charge on any atom is -0.505 e. The molecule has 3 amide bonds. The quantitative estimate of drug-likeness (QED) is 0.0276. The van der Waals surface area contributed by atoms with Crippen LogP contribution in [0.15, 0.2) is 124 Å². The summed E-state index contributed by atoms with van der Waals surface area (Å²) >= 11 is 1.87. The normalized spacial score (nSPS) is 16.8. The van der Waals surface area contributed by atoms with E-state index in [1.165, 1.54) is 26.2 Å². The number of aromatic nitrogens is 1. The molecule has 0 bridgehead atoms. The van der Waals surface area contributed by atoms with Gasteiger partial charge in [0.05, 0.1) is 69.3 Å². The van der Waals surface area contributed by atoms with Crippen molar-refractivity contribution in [3.63, 3.8) is 0 Å². The fraction of sp³-hybridized carbons (Fsp3) is 0.283. The molecule has 0 saturated carbocycles. The summed E-state index contributed by atoms with van der Waals surface area (Å²) < 4.78 is 3.24. The van der Waals surface area contributed by atoms with Gasteiger partial charge < -0.3 is 55.6 Å². The van der Waals surface area contributed by atoms with E-state index in [4.69, 9.17) is 0 Å². The number of benzene rings is 4. The van der Waals surface area contributed by atoms with Crippen LogP contribution in [0.1, 0.15) is 81.1 Å². The standard InChI is InChI=1S/C53H53IN8O10/c1-4-35(29-11-7-6-8-12-29)55-41-42(48(67)47(41)66)57-37-15-9-13-33(45(37)64)51(70)59-23-25-60(26-24-59)53(72)40-22-21-38(58(40)3)31-19-17-30(18-20-31)36(5-2)56-43-44(50(69)49(43)68)62(54)39-16-10-14-34(46(39)65)52(71)61-27-32(63)28-61/h6-22,32,35-36,49,55-57,63-65,68H,4-5,23-28H2,1-3H3/t35-,36-,49?/m1/s1. The smallest absolute Gasteiger partial charge is 0.270 e. The number of aliphatic hydroxyl groups is 2. The van der Waals surface area contributed by atoms with Crippen LogP contribution in [0.3, 0.4) is 0 Å². The first-order valence-corrected chi connectivity index (χ1v) is 24.6. The Morgan fingerprint density at radius 2 is 1.24 bits per heavy atom. The number of ketones is 1. The van der Waals surface area contributed by atoms with Gasteiger partial charge in [0.2, 0.25) is 5.78 Å². The second kappa shape index (κ2) is 20.3. The van der Waals surface area contributed by atoms with Crippen molar-refractivity contribution < 1.29 is 39.6 Å². The number of β-amino-alcohol motifs (C(OH)–C–C–N with tert-alkyl or cyclic N) is 1. The number of amides is 3. The van der Waals surface area contributed by atoms with E-state index < -0.39 is 40.7 Å². The van der Waals surface area contributed by atoms with Crippen LogP contribution >= 0.6 is 22.9 Å². The van der Waals surface area contributed by atoms with Crippen molar-refractivity contribution >= 4 is 69.1 Å². The molecule has 1 aliphatic carbocycles. The first kappa shape index (κ1) is 49.5. The number of Topliss-reactive ketones (excluding diaryl/α,β-unsaturated/α-hetero) is 1. The summed E-state index contributed by atoms with van der Waals surface area (Å²) in [5.74, 6) is -2.35. The van der Waals surface area contributed by atoms with Crippen LogP contribution in [0, 0.1) is 0 Å². The van der Waals surface area contributed by atoms with E-state index in [-0.39, 0.29) is 114 Å². The highest BCUT2D eigenvalue weighted by Crippen LogP contribution is 2.41. The second-order valence-corrected chi connectivity index (χ2v) is 19.0. The number of nitrogens with one attached hydrogen (secondary N) is 3. The number of anilines is 4. The number of nitrogens with zero attached hydrogens (tertiary/aromatic N) is 5. The van der Waals surface area contributed by atoms with Gasteiger partial charge in [-0.2, -0.15) is 0 Å². The molecule has 2 saturated heterocycles. The number of piperazine rings is 1. The third kappa shape index (κ3) is 9.07. The molecule has 72 heavy (non-hydrogen) atoms. The summed E-state index contributed by atoms with van der Waals surface area (Å²) in [5, 5.41) is 52.3. The maximum Gasteiger partial charge on any atom is 0.270 e. The first-order valence-electron chi connectivity index (χ1n) is 23.7. The molecule has 1 aromatic heterocycles. The van der Waals surface area contributed by atoms with Crippen molar-refractivity contribution in [3.8, 4) is 22.8 Å². The van der Waals surface area contributed by atoms with Crippen molar-refractivity contribution in [2.45, 2.75) is 51.0 Å². The molecule has 0 radical (unpaired) electrons. The van der Waals surface area contributed by atoms with Gasteiger partial charge >= 0.3 is 0 Å². The summed E-state index contributed by atoms with van der Waals surface area (Å²) in [4.78, 5) is 83.8. The molecule has 0 spiro atoms. The SMILES string of the molecule is CC[C@@H](NC1=C(N(I)c2cccc(C(=O)N3CC(O)C3)c2O)C(=O)C1O)c1ccc(-c2ccc(C(=O)N3CCN(C(=O)c4cccc(Nc5c(N[C@H](CC)c6ccccc6)c(=O)c5=O)c4O)CC3)n2C)cc1. The van der Waals surface area contributed by atoms with Crippen molar-refractivity contribution in [1.29, 1.82) is 0 Å². The van der Waals surface area contributed by atoms with Crippen LogP contribution in [0.4, 0.5) is 22.7 Å². The zero-order chi connectivity index (χ0) is 51.1. The average Bonchev–Trinajstić information content (AvgIpc) is 3.78.